The first-order valence-electron chi connectivity index (χ1n) is 10.4. The van der Waals surface area contributed by atoms with Crippen molar-refractivity contribution in [1.82, 2.24) is 25.0 Å². The summed E-state index contributed by atoms with van der Waals surface area (Å²) < 4.78 is 2.24. The third-order valence-corrected chi connectivity index (χ3v) is 5.72. The van der Waals surface area contributed by atoms with Crippen LogP contribution in [0.5, 0.6) is 0 Å². The summed E-state index contributed by atoms with van der Waals surface area (Å²) >= 11 is 0. The number of halogens is 1. The maximum absolute atomic E-state index is 12.9. The van der Waals surface area contributed by atoms with Crippen molar-refractivity contribution in [1.29, 1.82) is 0 Å². The molecule has 2 amide bonds. The Bertz CT molecular complexity index is 887. The van der Waals surface area contributed by atoms with E-state index in [9.17, 15) is 9.59 Å². The van der Waals surface area contributed by atoms with E-state index in [2.05, 4.69) is 25.4 Å². The van der Waals surface area contributed by atoms with Crippen molar-refractivity contribution in [2.45, 2.75) is 45.7 Å². The molecule has 2 N–H and O–H groups in total. The zero-order valence-corrected chi connectivity index (χ0v) is 18.2. The number of nitrogens with one attached hydrogen (secondary N) is 2. The maximum atomic E-state index is 12.9. The first kappa shape index (κ1) is 22.2. The van der Waals surface area contributed by atoms with Crippen LogP contribution >= 0.6 is 12.4 Å². The van der Waals surface area contributed by atoms with Crippen LogP contribution in [0.1, 0.15) is 54.6 Å². The summed E-state index contributed by atoms with van der Waals surface area (Å²) in [6.45, 7) is 7.77. The van der Waals surface area contributed by atoms with Crippen molar-refractivity contribution < 1.29 is 9.59 Å². The van der Waals surface area contributed by atoms with Crippen LogP contribution in [0.25, 0.3) is 0 Å². The number of hydrogen-bond donors (Lipinski definition) is 2. The number of rotatable bonds is 4. The third kappa shape index (κ3) is 4.65. The molecule has 9 heteroatoms. The molecule has 0 spiro atoms. The van der Waals surface area contributed by atoms with Crippen LogP contribution in [0.15, 0.2) is 24.3 Å². The molecule has 0 bridgehead atoms. The normalized spacial score (nSPS) is 16.7. The van der Waals surface area contributed by atoms with Gasteiger partial charge in [0.15, 0.2) is 0 Å². The molecule has 162 valence electrons. The van der Waals surface area contributed by atoms with Crippen LogP contribution in [0.4, 0.5) is 5.69 Å². The van der Waals surface area contributed by atoms with E-state index >= 15 is 0 Å². The summed E-state index contributed by atoms with van der Waals surface area (Å²) in [5.41, 5.74) is 1.36. The maximum Gasteiger partial charge on any atom is 0.253 e. The molecule has 0 unspecified atom stereocenters. The summed E-state index contributed by atoms with van der Waals surface area (Å²) in [6.07, 6.45) is 1.81. The number of hydrogen-bond acceptors (Lipinski definition) is 5. The van der Waals surface area contributed by atoms with Gasteiger partial charge in [0.1, 0.15) is 11.6 Å². The highest BCUT2D eigenvalue weighted by molar-refractivity contribution is 5.96. The molecule has 2 aromatic rings. The minimum absolute atomic E-state index is 0. The Morgan fingerprint density at radius 2 is 1.80 bits per heavy atom. The fourth-order valence-electron chi connectivity index (χ4n) is 3.92. The van der Waals surface area contributed by atoms with E-state index in [-0.39, 0.29) is 30.1 Å². The van der Waals surface area contributed by atoms with Gasteiger partial charge in [-0.25, -0.2) is 0 Å². The van der Waals surface area contributed by atoms with Crippen molar-refractivity contribution in [2.75, 3.05) is 25.0 Å². The number of benzene rings is 1. The van der Waals surface area contributed by atoms with Crippen molar-refractivity contribution in [3.05, 3.63) is 41.5 Å². The predicted octanol–water partition coefficient (Wildman–Crippen LogP) is 2.42. The summed E-state index contributed by atoms with van der Waals surface area (Å²) in [5.74, 6) is 2.36. The first-order valence-corrected chi connectivity index (χ1v) is 10.4. The van der Waals surface area contributed by atoms with Gasteiger partial charge < -0.3 is 20.1 Å². The van der Waals surface area contributed by atoms with E-state index in [1.54, 1.807) is 24.3 Å². The molecule has 1 aromatic carbocycles. The number of aromatic nitrogens is 3. The molecule has 0 radical (unpaired) electrons. The van der Waals surface area contributed by atoms with Gasteiger partial charge in [-0.2, -0.15) is 0 Å². The molecule has 2 aliphatic heterocycles. The Morgan fingerprint density at radius 1 is 1.10 bits per heavy atom. The van der Waals surface area contributed by atoms with Gasteiger partial charge in [0.05, 0.1) is 6.54 Å². The lowest BCUT2D eigenvalue weighted by molar-refractivity contribution is -0.118. The van der Waals surface area contributed by atoms with E-state index in [1.807, 2.05) is 18.7 Å². The van der Waals surface area contributed by atoms with Gasteiger partial charge in [-0.05, 0) is 37.1 Å². The second kappa shape index (κ2) is 9.57. The zero-order chi connectivity index (χ0) is 20.4. The Balaban J connectivity index is 0.00000256. The average molecular weight is 433 g/mol. The summed E-state index contributed by atoms with van der Waals surface area (Å²) in [5, 5.41) is 14.9. The summed E-state index contributed by atoms with van der Waals surface area (Å²) in [7, 11) is 0. The van der Waals surface area contributed by atoms with E-state index in [1.165, 1.54) is 0 Å². The quantitative estimate of drug-likeness (QED) is 0.774. The van der Waals surface area contributed by atoms with Gasteiger partial charge in [0.25, 0.3) is 5.91 Å². The predicted molar refractivity (Wildman–Crippen MR) is 117 cm³/mol. The molecule has 2 aliphatic rings. The molecule has 8 nitrogen and oxygen atoms in total. The Hall–Kier alpha value is -2.45. The molecular formula is C21H29ClN6O2. The molecule has 0 atom stereocenters. The SMILES string of the molecule is CC(C)C(=O)Nc1ccc(C(=O)N2CCC(c3nnc4n3CCNC4)CC2)cc1.Cl. The Kier molecular flexibility index (Phi) is 7.10. The van der Waals surface area contributed by atoms with E-state index < -0.39 is 0 Å². The van der Waals surface area contributed by atoms with Crippen LogP contribution in [0, 0.1) is 5.92 Å². The van der Waals surface area contributed by atoms with Gasteiger partial charge in [-0.3, -0.25) is 9.59 Å². The van der Waals surface area contributed by atoms with E-state index in [0.717, 1.165) is 57.2 Å². The van der Waals surface area contributed by atoms with Gasteiger partial charge >= 0.3 is 0 Å². The Morgan fingerprint density at radius 3 is 2.47 bits per heavy atom. The van der Waals surface area contributed by atoms with Crippen molar-refractivity contribution >= 4 is 29.9 Å². The number of likely N-dealkylation sites (tertiary alicyclic amines) is 1. The van der Waals surface area contributed by atoms with Crippen molar-refractivity contribution in [3.8, 4) is 0 Å². The van der Waals surface area contributed by atoms with E-state index in [4.69, 9.17) is 0 Å². The number of carbonyl (C=O) groups is 2. The van der Waals surface area contributed by atoms with E-state index in [0.29, 0.717) is 17.2 Å². The topological polar surface area (TPSA) is 92.2 Å². The number of amides is 2. The molecule has 4 rings (SSSR count). The lowest BCUT2D eigenvalue weighted by Gasteiger charge is -2.32. The molecule has 1 fully saturated rings. The van der Waals surface area contributed by atoms with Crippen LogP contribution in [-0.2, 0) is 17.9 Å². The minimum atomic E-state index is -0.0789. The largest absolute Gasteiger partial charge is 0.339 e. The van der Waals surface area contributed by atoms with Crippen molar-refractivity contribution in [2.24, 2.45) is 5.92 Å². The lowest BCUT2D eigenvalue weighted by Crippen LogP contribution is -2.38. The van der Waals surface area contributed by atoms with Crippen LogP contribution in [0.3, 0.4) is 0 Å². The Labute approximate surface area is 182 Å². The number of nitrogens with zero attached hydrogens (tertiary/aromatic N) is 4. The molecule has 1 saturated heterocycles. The van der Waals surface area contributed by atoms with Gasteiger partial charge in [-0.1, -0.05) is 13.8 Å². The highest BCUT2D eigenvalue weighted by Crippen LogP contribution is 2.28. The standard InChI is InChI=1S/C21H28N6O2.ClH/c1-14(2)20(28)23-17-5-3-16(4-6-17)21(29)26-10-7-15(8-11-26)19-25-24-18-13-22-9-12-27(18)19;/h3-6,14-15,22H,7-13H2,1-2H3,(H,23,28);1H. The highest BCUT2D eigenvalue weighted by Gasteiger charge is 2.29. The van der Waals surface area contributed by atoms with Crippen molar-refractivity contribution in [3.63, 3.8) is 0 Å². The molecule has 3 heterocycles. The second-order valence-corrected chi connectivity index (χ2v) is 8.09. The fraction of sp³-hybridized carbons (Fsp3) is 0.524. The summed E-state index contributed by atoms with van der Waals surface area (Å²) in [4.78, 5) is 26.6. The number of anilines is 1. The minimum Gasteiger partial charge on any atom is -0.339 e. The third-order valence-electron chi connectivity index (χ3n) is 5.72. The zero-order valence-electron chi connectivity index (χ0n) is 17.4. The monoisotopic (exact) mass is 432 g/mol. The first-order chi connectivity index (χ1) is 14.0. The average Bonchev–Trinajstić information content (AvgIpc) is 3.18. The van der Waals surface area contributed by atoms with Gasteiger partial charge in [-0.15, -0.1) is 22.6 Å². The number of fused-ring (bicyclic) bond motifs is 1. The smallest absolute Gasteiger partial charge is 0.253 e. The molecule has 1 aromatic heterocycles. The number of piperidine rings is 1. The number of carbonyl (C=O) groups excluding carboxylic acids is 2. The molecule has 0 aliphatic carbocycles. The molecule has 0 saturated carbocycles. The fourth-order valence-corrected chi connectivity index (χ4v) is 3.92. The van der Waals surface area contributed by atoms with Crippen LogP contribution < -0.4 is 10.6 Å². The van der Waals surface area contributed by atoms with Crippen LogP contribution in [0.2, 0.25) is 0 Å². The molecular weight excluding hydrogens is 404 g/mol. The van der Waals surface area contributed by atoms with Crippen LogP contribution in [-0.4, -0.2) is 51.1 Å². The summed E-state index contributed by atoms with van der Waals surface area (Å²) in [6, 6.07) is 7.14. The molecule has 30 heavy (non-hydrogen) atoms. The second-order valence-electron chi connectivity index (χ2n) is 8.09. The lowest BCUT2D eigenvalue weighted by atomic mass is 9.95. The van der Waals surface area contributed by atoms with Gasteiger partial charge in [0.2, 0.25) is 5.91 Å². The van der Waals surface area contributed by atoms with Gasteiger partial charge in [0, 0.05) is 49.3 Å². The highest BCUT2D eigenvalue weighted by atomic mass is 35.5.